The number of aliphatic hydroxyl groups is 1. The summed E-state index contributed by atoms with van der Waals surface area (Å²) >= 11 is 0. The van der Waals surface area contributed by atoms with Crippen LogP contribution in [0.2, 0.25) is 0 Å². The topological polar surface area (TPSA) is 54.2 Å². The minimum atomic E-state index is -0.388. The van der Waals surface area contributed by atoms with E-state index in [1.165, 1.54) is 18.6 Å². The van der Waals surface area contributed by atoms with Crippen molar-refractivity contribution in [3.63, 3.8) is 0 Å². The summed E-state index contributed by atoms with van der Waals surface area (Å²) < 4.78 is 5.16. The highest BCUT2D eigenvalue weighted by atomic mass is 16.5. The lowest BCUT2D eigenvalue weighted by molar-refractivity contribution is -0.0825. The molecule has 1 heterocycles. The third-order valence-electron chi connectivity index (χ3n) is 5.12. The molecule has 0 spiro atoms. The van der Waals surface area contributed by atoms with E-state index < -0.39 is 0 Å². The molecule has 1 N–H and O–H groups in total. The Morgan fingerprint density at radius 3 is 2.58 bits per heavy atom. The number of rotatable bonds is 1. The number of ether oxygens (including phenoxy) is 1. The van der Waals surface area contributed by atoms with Crippen LogP contribution in [-0.4, -0.2) is 28.7 Å². The molecule has 4 fully saturated rings. The fraction of sp³-hybridized carbons (Fsp3) is 0.733. The van der Waals surface area contributed by atoms with E-state index in [-0.39, 0.29) is 5.60 Å². The molecule has 0 aromatic rings. The number of nitrogens with zero attached hydrogens (tertiary/aromatic N) is 2. The van der Waals surface area contributed by atoms with Gasteiger partial charge in [-0.05, 0) is 44.1 Å². The van der Waals surface area contributed by atoms with E-state index in [0.29, 0.717) is 18.4 Å². The number of hydrogen-bond donors (Lipinski definition) is 1. The van der Waals surface area contributed by atoms with E-state index in [4.69, 9.17) is 4.74 Å². The van der Waals surface area contributed by atoms with Crippen LogP contribution in [0.25, 0.3) is 0 Å². The number of allylic oxidation sites excluding steroid dienone is 1. The van der Waals surface area contributed by atoms with Crippen LogP contribution in [0.15, 0.2) is 22.5 Å². The second-order valence-electron chi connectivity index (χ2n) is 6.61. The van der Waals surface area contributed by atoms with Gasteiger partial charge in [-0.2, -0.15) is 10.2 Å². The van der Waals surface area contributed by atoms with Crippen LogP contribution in [-0.2, 0) is 4.74 Å². The Hall–Kier alpha value is -1.16. The lowest BCUT2D eigenvalue weighted by Gasteiger charge is -2.54. The fourth-order valence-electron chi connectivity index (χ4n) is 4.53. The highest BCUT2D eigenvalue weighted by Gasteiger charge is 2.53. The highest BCUT2D eigenvalue weighted by Crippen LogP contribution is 2.54. The molecular formula is C15H20N2O2. The molecule has 0 aromatic heterocycles. The average Bonchev–Trinajstić information content (AvgIpc) is 2.37. The smallest absolute Gasteiger partial charge is 0.0929 e. The van der Waals surface area contributed by atoms with Crippen molar-refractivity contribution in [3.05, 3.63) is 12.3 Å². The zero-order chi connectivity index (χ0) is 12.9. The van der Waals surface area contributed by atoms with Crippen LogP contribution in [0, 0.1) is 17.8 Å². The molecule has 0 aromatic carbocycles. The van der Waals surface area contributed by atoms with Crippen LogP contribution in [0.4, 0.5) is 0 Å². The van der Waals surface area contributed by atoms with Gasteiger partial charge in [-0.1, -0.05) is 0 Å². The predicted molar refractivity (Wildman–Crippen MR) is 73.1 cm³/mol. The van der Waals surface area contributed by atoms with E-state index >= 15 is 0 Å². The van der Waals surface area contributed by atoms with Gasteiger partial charge in [0.2, 0.25) is 0 Å². The zero-order valence-corrected chi connectivity index (χ0v) is 11.1. The molecule has 5 rings (SSSR count). The molecule has 0 amide bonds. The Bertz CT molecular complexity index is 463. The first-order valence-electron chi connectivity index (χ1n) is 7.37. The molecular weight excluding hydrogens is 240 g/mol. The van der Waals surface area contributed by atoms with Crippen molar-refractivity contribution in [1.29, 1.82) is 0 Å². The molecule has 4 aliphatic carbocycles. The molecule has 0 radical (unpaired) electrons. The van der Waals surface area contributed by atoms with Crippen LogP contribution in [0.1, 0.15) is 38.5 Å². The van der Waals surface area contributed by atoms with E-state index in [0.717, 1.165) is 37.3 Å². The molecule has 5 aliphatic rings. The lowest BCUT2D eigenvalue weighted by atomic mass is 9.53. The molecule has 19 heavy (non-hydrogen) atoms. The fourth-order valence-corrected chi connectivity index (χ4v) is 4.53. The molecule has 2 atom stereocenters. The maximum Gasteiger partial charge on any atom is 0.0929 e. The van der Waals surface area contributed by atoms with E-state index in [1.807, 2.05) is 6.08 Å². The van der Waals surface area contributed by atoms with Gasteiger partial charge in [0.25, 0.3) is 0 Å². The summed E-state index contributed by atoms with van der Waals surface area (Å²) in [6.07, 6.45) is 9.69. The van der Waals surface area contributed by atoms with Gasteiger partial charge in [0.05, 0.1) is 24.2 Å². The summed E-state index contributed by atoms with van der Waals surface area (Å²) in [5.74, 6) is 1.67. The van der Waals surface area contributed by atoms with Crippen molar-refractivity contribution in [3.8, 4) is 0 Å². The minimum absolute atomic E-state index is 0.388. The first-order valence-corrected chi connectivity index (χ1v) is 7.37. The van der Waals surface area contributed by atoms with Gasteiger partial charge in [0, 0.05) is 24.0 Å². The molecule has 2 unspecified atom stereocenters. The van der Waals surface area contributed by atoms with Gasteiger partial charge in [0.15, 0.2) is 0 Å². The monoisotopic (exact) mass is 260 g/mol. The van der Waals surface area contributed by atoms with Crippen molar-refractivity contribution in [2.75, 3.05) is 6.61 Å². The summed E-state index contributed by atoms with van der Waals surface area (Å²) in [6.45, 7) is 0.703. The van der Waals surface area contributed by atoms with Crippen molar-refractivity contribution in [2.45, 2.75) is 44.1 Å². The first-order chi connectivity index (χ1) is 9.22. The predicted octanol–water partition coefficient (Wildman–Crippen LogP) is 2.29. The summed E-state index contributed by atoms with van der Waals surface area (Å²) in [5, 5.41) is 19.5. The van der Waals surface area contributed by atoms with Crippen molar-refractivity contribution in [1.82, 2.24) is 0 Å². The first kappa shape index (κ1) is 11.6. The molecule has 1 aliphatic heterocycles. The molecule has 4 saturated carbocycles. The van der Waals surface area contributed by atoms with E-state index in [1.54, 1.807) is 6.26 Å². The SMILES string of the molecule is OC12CC3CC(C1)C(=NN=C1C=COCC1)C(C3)C2. The van der Waals surface area contributed by atoms with Gasteiger partial charge in [0.1, 0.15) is 0 Å². The normalized spacial score (nSPS) is 45.6. The standard InChI is InChI=1S/C15H20N2O2/c18-15-7-10-5-11(8-15)14(12(6-10)9-15)17-16-13-1-3-19-4-2-13/h1,3,10-12,18H,2,4-9H2. The van der Waals surface area contributed by atoms with Gasteiger partial charge in [-0.15, -0.1) is 0 Å². The van der Waals surface area contributed by atoms with Crippen LogP contribution in [0.3, 0.4) is 0 Å². The Labute approximate surface area is 113 Å². The summed E-state index contributed by atoms with van der Waals surface area (Å²) in [7, 11) is 0. The maximum absolute atomic E-state index is 10.5. The molecule has 4 heteroatoms. The average molecular weight is 260 g/mol. The van der Waals surface area contributed by atoms with Gasteiger partial charge >= 0.3 is 0 Å². The Kier molecular flexibility index (Phi) is 2.56. The van der Waals surface area contributed by atoms with Crippen LogP contribution >= 0.6 is 0 Å². The number of hydrogen-bond acceptors (Lipinski definition) is 4. The van der Waals surface area contributed by atoms with Crippen LogP contribution < -0.4 is 0 Å². The Morgan fingerprint density at radius 1 is 1.16 bits per heavy atom. The van der Waals surface area contributed by atoms with Crippen molar-refractivity contribution in [2.24, 2.45) is 28.0 Å². The second-order valence-corrected chi connectivity index (χ2v) is 6.61. The van der Waals surface area contributed by atoms with Crippen molar-refractivity contribution < 1.29 is 9.84 Å². The largest absolute Gasteiger partial charge is 0.501 e. The van der Waals surface area contributed by atoms with Crippen molar-refractivity contribution >= 4 is 11.4 Å². The molecule has 4 bridgehead atoms. The summed E-state index contributed by atoms with van der Waals surface area (Å²) in [5.41, 5.74) is 1.88. The third-order valence-corrected chi connectivity index (χ3v) is 5.12. The lowest BCUT2D eigenvalue weighted by Crippen LogP contribution is -2.55. The second kappa shape index (κ2) is 4.17. The zero-order valence-electron chi connectivity index (χ0n) is 11.1. The third kappa shape index (κ3) is 2.02. The maximum atomic E-state index is 10.5. The van der Waals surface area contributed by atoms with Gasteiger partial charge in [-0.25, -0.2) is 0 Å². The molecule has 102 valence electrons. The Balaban J connectivity index is 1.59. The van der Waals surface area contributed by atoms with Crippen LogP contribution in [0.5, 0.6) is 0 Å². The van der Waals surface area contributed by atoms with Gasteiger partial charge < -0.3 is 9.84 Å². The molecule has 4 nitrogen and oxygen atoms in total. The Morgan fingerprint density at radius 2 is 1.95 bits per heavy atom. The van der Waals surface area contributed by atoms with E-state index in [9.17, 15) is 5.11 Å². The highest BCUT2D eigenvalue weighted by molar-refractivity contribution is 5.97. The quantitative estimate of drug-likeness (QED) is 0.735. The minimum Gasteiger partial charge on any atom is -0.501 e. The molecule has 0 saturated heterocycles. The van der Waals surface area contributed by atoms with E-state index in [2.05, 4.69) is 10.2 Å². The van der Waals surface area contributed by atoms with Gasteiger partial charge in [-0.3, -0.25) is 0 Å². The summed E-state index contributed by atoms with van der Waals surface area (Å²) in [4.78, 5) is 0. The summed E-state index contributed by atoms with van der Waals surface area (Å²) in [6, 6.07) is 0.